The molecule has 0 N–H and O–H groups in total. The summed E-state index contributed by atoms with van der Waals surface area (Å²) in [5.41, 5.74) is 0.518. The Kier molecular flexibility index (Phi) is 5.23. The average molecular weight is 544 g/mol. The molecule has 4 atom stereocenters. The van der Waals surface area contributed by atoms with Gasteiger partial charge in [0.15, 0.2) is 18.0 Å². The zero-order valence-electron chi connectivity index (χ0n) is 12.8. The van der Waals surface area contributed by atoms with Gasteiger partial charge in [-0.15, -0.1) is 0 Å². The molecule has 0 bridgehead atoms. The van der Waals surface area contributed by atoms with Gasteiger partial charge in [-0.05, 0) is 26.0 Å². The number of rotatable bonds is 4. The summed E-state index contributed by atoms with van der Waals surface area (Å²) in [4.78, 5) is 12.4. The number of ether oxygens (including phenoxy) is 4. The van der Waals surface area contributed by atoms with Gasteiger partial charge in [-0.2, -0.15) is 0 Å². The van der Waals surface area contributed by atoms with Crippen molar-refractivity contribution in [2.24, 2.45) is 0 Å². The zero-order chi connectivity index (χ0) is 16.7. The maximum absolute atomic E-state index is 12.4. The molecule has 7 heteroatoms. The smallest absolute Gasteiger partial charge is 0.338 e. The number of hydrogen-bond donors (Lipinski definition) is 0. The average Bonchev–Trinajstić information content (AvgIpc) is 2.96. The molecule has 0 saturated carbocycles. The monoisotopic (exact) mass is 544 g/mol. The van der Waals surface area contributed by atoms with E-state index in [2.05, 4.69) is 45.2 Å². The van der Waals surface area contributed by atoms with Gasteiger partial charge < -0.3 is 18.9 Å². The first-order valence-electron chi connectivity index (χ1n) is 7.34. The van der Waals surface area contributed by atoms with Gasteiger partial charge in [0.25, 0.3) is 0 Å². The number of esters is 1. The number of halogens is 2. The molecule has 0 aliphatic carbocycles. The lowest BCUT2D eigenvalue weighted by Crippen LogP contribution is -2.43. The Bertz CT molecular complexity index is 579. The summed E-state index contributed by atoms with van der Waals surface area (Å²) in [6, 6.07) is 8.95. The van der Waals surface area contributed by atoms with Crippen LogP contribution in [0.4, 0.5) is 0 Å². The van der Waals surface area contributed by atoms with E-state index < -0.39 is 23.8 Å². The van der Waals surface area contributed by atoms with Crippen LogP contribution >= 0.6 is 45.2 Å². The Morgan fingerprint density at radius 2 is 1.91 bits per heavy atom. The van der Waals surface area contributed by atoms with Crippen LogP contribution in [0.1, 0.15) is 24.2 Å². The fraction of sp³-hybridized carbons (Fsp3) is 0.562. The molecule has 0 amide bonds. The summed E-state index contributed by atoms with van der Waals surface area (Å²) in [5, 5.41) is 0. The van der Waals surface area contributed by atoms with E-state index in [1.54, 1.807) is 12.1 Å². The Balaban J connectivity index is 1.83. The highest BCUT2D eigenvalue weighted by Crippen LogP contribution is 2.47. The molecule has 2 heterocycles. The number of alkyl halides is 2. The Morgan fingerprint density at radius 1 is 1.22 bits per heavy atom. The van der Waals surface area contributed by atoms with Crippen LogP contribution in [-0.2, 0) is 18.9 Å². The molecule has 3 rings (SSSR count). The molecule has 0 unspecified atom stereocenters. The van der Waals surface area contributed by atoms with E-state index in [1.807, 2.05) is 32.0 Å². The standard InChI is InChI=1S/C16H18I2O5/c1-15(2)22-13-12(11(8-17)21-16(13,9-18)23-15)20-14(19)10-6-4-3-5-7-10/h3-7,11-13H,8-9H2,1-2H3/t11-,12+,13-,16-/m0/s1. The topological polar surface area (TPSA) is 54.0 Å². The first kappa shape index (κ1) is 17.8. The van der Waals surface area contributed by atoms with Crippen LogP contribution in [0, 0.1) is 0 Å². The second-order valence-electron chi connectivity index (χ2n) is 6.03. The van der Waals surface area contributed by atoms with Gasteiger partial charge in [-0.25, -0.2) is 4.79 Å². The lowest BCUT2D eigenvalue weighted by atomic mass is 10.1. The van der Waals surface area contributed by atoms with Crippen LogP contribution in [0.15, 0.2) is 30.3 Å². The van der Waals surface area contributed by atoms with Crippen LogP contribution in [0.3, 0.4) is 0 Å². The number of hydrogen-bond acceptors (Lipinski definition) is 5. The number of benzene rings is 1. The molecule has 126 valence electrons. The van der Waals surface area contributed by atoms with Gasteiger partial charge in [-0.3, -0.25) is 0 Å². The van der Waals surface area contributed by atoms with Gasteiger partial charge in [0.1, 0.15) is 6.10 Å². The van der Waals surface area contributed by atoms with Crippen molar-refractivity contribution in [3.63, 3.8) is 0 Å². The highest BCUT2D eigenvalue weighted by molar-refractivity contribution is 14.1. The predicted molar refractivity (Wildman–Crippen MR) is 101 cm³/mol. The fourth-order valence-corrected chi connectivity index (χ4v) is 4.43. The second-order valence-corrected chi connectivity index (χ2v) is 7.68. The third-order valence-corrected chi connectivity index (χ3v) is 5.80. The summed E-state index contributed by atoms with van der Waals surface area (Å²) >= 11 is 4.45. The van der Waals surface area contributed by atoms with Gasteiger partial charge in [0, 0.05) is 4.43 Å². The van der Waals surface area contributed by atoms with Crippen LogP contribution < -0.4 is 0 Å². The van der Waals surface area contributed by atoms with Crippen LogP contribution in [0.5, 0.6) is 0 Å². The maximum atomic E-state index is 12.4. The van der Waals surface area contributed by atoms with E-state index in [0.29, 0.717) is 14.4 Å². The van der Waals surface area contributed by atoms with Crippen LogP contribution in [0.2, 0.25) is 0 Å². The summed E-state index contributed by atoms with van der Waals surface area (Å²) in [5.74, 6) is -1.99. The van der Waals surface area contributed by atoms with E-state index in [0.717, 1.165) is 0 Å². The van der Waals surface area contributed by atoms with Gasteiger partial charge in [0.2, 0.25) is 5.79 Å². The van der Waals surface area contributed by atoms with Crippen molar-refractivity contribution >= 4 is 51.2 Å². The van der Waals surface area contributed by atoms with Crippen molar-refractivity contribution in [1.82, 2.24) is 0 Å². The first-order chi connectivity index (χ1) is 10.9. The lowest BCUT2D eigenvalue weighted by Gasteiger charge is -2.26. The van der Waals surface area contributed by atoms with Crippen LogP contribution in [-0.4, -0.2) is 44.7 Å². The first-order valence-corrected chi connectivity index (χ1v) is 10.4. The second kappa shape index (κ2) is 6.74. The molecular weight excluding hydrogens is 526 g/mol. The largest absolute Gasteiger partial charge is 0.453 e. The van der Waals surface area contributed by atoms with Crippen molar-refractivity contribution in [1.29, 1.82) is 0 Å². The molecule has 2 aliphatic heterocycles. The molecule has 2 saturated heterocycles. The SMILES string of the molecule is CC1(C)O[C@H]2[C@H](OC(=O)c3ccccc3)[C@H](CI)O[C@@]2(CI)O1. The van der Waals surface area contributed by atoms with Gasteiger partial charge in [-0.1, -0.05) is 63.4 Å². The molecular formula is C16H18I2O5. The highest BCUT2D eigenvalue weighted by Gasteiger charge is 2.65. The zero-order valence-corrected chi connectivity index (χ0v) is 17.1. The Hall–Kier alpha value is 0.0300. The Morgan fingerprint density at radius 3 is 2.52 bits per heavy atom. The summed E-state index contributed by atoms with van der Waals surface area (Å²) in [6.07, 6.45) is -1.17. The van der Waals surface area contributed by atoms with E-state index in [4.69, 9.17) is 18.9 Å². The number of carbonyl (C=O) groups excluding carboxylic acids is 1. The fourth-order valence-electron chi connectivity index (χ4n) is 2.98. The minimum atomic E-state index is -0.860. The van der Waals surface area contributed by atoms with E-state index >= 15 is 0 Å². The van der Waals surface area contributed by atoms with Crippen molar-refractivity contribution in [2.45, 2.75) is 43.7 Å². The maximum Gasteiger partial charge on any atom is 0.338 e. The minimum absolute atomic E-state index is 0.251. The van der Waals surface area contributed by atoms with Crippen molar-refractivity contribution in [3.8, 4) is 0 Å². The molecule has 2 fully saturated rings. The molecule has 0 spiro atoms. The number of carbonyl (C=O) groups is 1. The number of fused-ring (bicyclic) bond motifs is 1. The molecule has 23 heavy (non-hydrogen) atoms. The summed E-state index contributed by atoms with van der Waals surface area (Å²) < 4.78 is 25.2. The van der Waals surface area contributed by atoms with Crippen molar-refractivity contribution in [3.05, 3.63) is 35.9 Å². The lowest BCUT2D eigenvalue weighted by molar-refractivity contribution is -0.248. The van der Waals surface area contributed by atoms with Gasteiger partial charge in [0.05, 0.1) is 9.99 Å². The molecule has 2 aliphatic rings. The predicted octanol–water partition coefficient (Wildman–Crippen LogP) is 3.33. The summed E-state index contributed by atoms with van der Waals surface area (Å²) in [6.45, 7) is 3.69. The quantitative estimate of drug-likeness (QED) is 0.331. The highest BCUT2D eigenvalue weighted by atomic mass is 127. The Labute approximate surface area is 162 Å². The van der Waals surface area contributed by atoms with Crippen molar-refractivity contribution < 1.29 is 23.7 Å². The molecule has 1 aromatic rings. The van der Waals surface area contributed by atoms with E-state index in [1.165, 1.54) is 0 Å². The van der Waals surface area contributed by atoms with E-state index in [-0.39, 0.29) is 12.1 Å². The van der Waals surface area contributed by atoms with Gasteiger partial charge >= 0.3 is 5.97 Å². The van der Waals surface area contributed by atoms with E-state index in [9.17, 15) is 4.79 Å². The normalized spacial score (nSPS) is 35.0. The third-order valence-electron chi connectivity index (χ3n) is 3.87. The van der Waals surface area contributed by atoms with Crippen molar-refractivity contribution in [2.75, 3.05) is 8.86 Å². The van der Waals surface area contributed by atoms with Crippen LogP contribution in [0.25, 0.3) is 0 Å². The molecule has 0 aromatic heterocycles. The molecule has 5 nitrogen and oxygen atoms in total. The minimum Gasteiger partial charge on any atom is -0.453 e. The third kappa shape index (κ3) is 3.39. The molecule has 1 aromatic carbocycles. The summed E-state index contributed by atoms with van der Waals surface area (Å²) in [7, 11) is 0. The molecule has 0 radical (unpaired) electrons.